The summed E-state index contributed by atoms with van der Waals surface area (Å²) in [5.74, 6) is -1.54. The molecular weight excluding hydrogens is 294 g/mol. The van der Waals surface area contributed by atoms with E-state index in [-0.39, 0.29) is 11.3 Å². The number of anilines is 1. The van der Waals surface area contributed by atoms with Crippen molar-refractivity contribution in [2.75, 3.05) is 11.1 Å². The van der Waals surface area contributed by atoms with Crippen LogP contribution >= 0.6 is 0 Å². The molecule has 1 aromatic rings. The van der Waals surface area contributed by atoms with Gasteiger partial charge >= 0.3 is 5.97 Å². The van der Waals surface area contributed by atoms with Crippen LogP contribution in [0.5, 0.6) is 0 Å². The van der Waals surface area contributed by atoms with Gasteiger partial charge in [0.25, 0.3) is 0 Å². The van der Waals surface area contributed by atoms with Gasteiger partial charge in [-0.05, 0) is 43.5 Å². The Balaban J connectivity index is 2.16. The molecule has 1 aliphatic rings. The quantitative estimate of drug-likeness (QED) is 0.883. The SMILES string of the molecule is Cc1cc(NC(=O)C2CCCCS2(=O)=O)ccc1C(=O)O. The number of carboxylic acid groups (broad SMARTS) is 1. The molecule has 0 aromatic heterocycles. The Kier molecular flexibility index (Phi) is 4.32. The zero-order chi connectivity index (χ0) is 15.6. The standard InChI is InChI=1S/C14H17NO5S/c1-9-8-10(5-6-11(9)14(17)18)15-13(16)12-4-2-3-7-21(12,19)20/h5-6,8,12H,2-4,7H2,1H3,(H,15,16)(H,17,18). The van der Waals surface area contributed by atoms with Crippen LogP contribution in [0.15, 0.2) is 18.2 Å². The van der Waals surface area contributed by atoms with Crippen molar-refractivity contribution in [3.63, 3.8) is 0 Å². The molecule has 21 heavy (non-hydrogen) atoms. The molecular formula is C14H17NO5S. The van der Waals surface area contributed by atoms with E-state index in [1.54, 1.807) is 6.92 Å². The van der Waals surface area contributed by atoms with Crippen molar-refractivity contribution in [2.24, 2.45) is 0 Å². The predicted octanol–water partition coefficient (Wildman–Crippen LogP) is 1.60. The molecule has 2 N–H and O–H groups in total. The van der Waals surface area contributed by atoms with Crippen molar-refractivity contribution < 1.29 is 23.1 Å². The molecule has 0 bridgehead atoms. The van der Waals surface area contributed by atoms with Crippen LogP contribution in [0.2, 0.25) is 0 Å². The number of amides is 1. The number of nitrogens with one attached hydrogen (secondary N) is 1. The van der Waals surface area contributed by atoms with Crippen molar-refractivity contribution >= 4 is 27.4 Å². The summed E-state index contributed by atoms with van der Waals surface area (Å²) in [4.78, 5) is 23.0. The number of carbonyl (C=O) groups is 2. The summed E-state index contributed by atoms with van der Waals surface area (Å²) < 4.78 is 23.8. The predicted molar refractivity (Wildman–Crippen MR) is 78.2 cm³/mol. The summed E-state index contributed by atoms with van der Waals surface area (Å²) in [6.07, 6.45) is 1.65. The fraction of sp³-hybridized carbons (Fsp3) is 0.429. The summed E-state index contributed by atoms with van der Waals surface area (Å²) in [5.41, 5.74) is 1.06. The van der Waals surface area contributed by atoms with Crippen molar-refractivity contribution in [3.05, 3.63) is 29.3 Å². The summed E-state index contributed by atoms with van der Waals surface area (Å²) >= 11 is 0. The Morgan fingerprint density at radius 2 is 2.00 bits per heavy atom. The highest BCUT2D eigenvalue weighted by Crippen LogP contribution is 2.22. The van der Waals surface area contributed by atoms with Crippen LogP contribution in [-0.2, 0) is 14.6 Å². The van der Waals surface area contributed by atoms with E-state index < -0.39 is 27.0 Å². The van der Waals surface area contributed by atoms with Crippen LogP contribution in [0.3, 0.4) is 0 Å². The van der Waals surface area contributed by atoms with Gasteiger partial charge in [0.2, 0.25) is 5.91 Å². The Hall–Kier alpha value is -1.89. The largest absolute Gasteiger partial charge is 0.478 e. The second-order valence-electron chi connectivity index (χ2n) is 5.18. The van der Waals surface area contributed by atoms with Crippen molar-refractivity contribution in [1.82, 2.24) is 0 Å². The van der Waals surface area contributed by atoms with Gasteiger partial charge in [0.05, 0.1) is 11.3 Å². The van der Waals surface area contributed by atoms with Gasteiger partial charge in [-0.15, -0.1) is 0 Å². The summed E-state index contributed by atoms with van der Waals surface area (Å²) in [7, 11) is -3.38. The topological polar surface area (TPSA) is 101 Å². The van der Waals surface area contributed by atoms with Crippen LogP contribution < -0.4 is 5.32 Å². The number of aromatic carboxylic acids is 1. The highest BCUT2D eigenvalue weighted by atomic mass is 32.2. The smallest absolute Gasteiger partial charge is 0.335 e. The van der Waals surface area contributed by atoms with Crippen LogP contribution in [0.25, 0.3) is 0 Å². The monoisotopic (exact) mass is 311 g/mol. The van der Waals surface area contributed by atoms with Crippen LogP contribution in [0, 0.1) is 6.92 Å². The molecule has 1 unspecified atom stereocenters. The Bertz CT molecular complexity index is 681. The Morgan fingerprint density at radius 3 is 2.57 bits per heavy atom. The van der Waals surface area contributed by atoms with Crippen molar-refractivity contribution in [2.45, 2.75) is 31.4 Å². The number of carboxylic acids is 1. The molecule has 1 aromatic carbocycles. The number of carbonyl (C=O) groups excluding carboxylic acids is 1. The highest BCUT2D eigenvalue weighted by Gasteiger charge is 2.34. The van der Waals surface area contributed by atoms with E-state index in [0.29, 0.717) is 30.5 Å². The third kappa shape index (κ3) is 3.41. The molecule has 1 atom stereocenters. The highest BCUT2D eigenvalue weighted by molar-refractivity contribution is 7.92. The average molecular weight is 311 g/mol. The number of aryl methyl sites for hydroxylation is 1. The second-order valence-corrected chi connectivity index (χ2v) is 7.48. The third-order valence-corrected chi connectivity index (χ3v) is 5.77. The van der Waals surface area contributed by atoms with E-state index >= 15 is 0 Å². The first kappa shape index (κ1) is 15.5. The summed E-state index contributed by atoms with van der Waals surface area (Å²) in [5, 5.41) is 10.5. The van der Waals surface area contributed by atoms with Gasteiger partial charge in [-0.1, -0.05) is 6.42 Å². The lowest BCUT2D eigenvalue weighted by atomic mass is 10.1. The van der Waals surface area contributed by atoms with Gasteiger partial charge in [0, 0.05) is 5.69 Å². The Morgan fingerprint density at radius 1 is 1.29 bits per heavy atom. The lowest BCUT2D eigenvalue weighted by Gasteiger charge is -2.21. The number of benzene rings is 1. The number of sulfone groups is 1. The first-order valence-electron chi connectivity index (χ1n) is 6.67. The average Bonchev–Trinajstić information content (AvgIpc) is 2.37. The van der Waals surface area contributed by atoms with E-state index in [2.05, 4.69) is 5.32 Å². The molecule has 114 valence electrons. The maximum Gasteiger partial charge on any atom is 0.335 e. The first-order chi connectivity index (χ1) is 9.81. The van der Waals surface area contributed by atoms with Crippen LogP contribution in [0.1, 0.15) is 35.2 Å². The minimum absolute atomic E-state index is 0.0437. The number of rotatable bonds is 3. The van der Waals surface area contributed by atoms with E-state index in [9.17, 15) is 18.0 Å². The second kappa shape index (κ2) is 5.85. The van der Waals surface area contributed by atoms with Crippen molar-refractivity contribution in [3.8, 4) is 0 Å². The minimum Gasteiger partial charge on any atom is -0.478 e. The molecule has 1 fully saturated rings. The molecule has 1 aliphatic heterocycles. The lowest BCUT2D eigenvalue weighted by Crippen LogP contribution is -2.39. The third-order valence-electron chi connectivity index (χ3n) is 3.60. The molecule has 1 amide bonds. The lowest BCUT2D eigenvalue weighted by molar-refractivity contribution is -0.116. The van der Waals surface area contributed by atoms with Crippen LogP contribution in [-0.4, -0.2) is 36.4 Å². The zero-order valence-electron chi connectivity index (χ0n) is 11.6. The van der Waals surface area contributed by atoms with Gasteiger partial charge < -0.3 is 10.4 Å². The van der Waals surface area contributed by atoms with E-state index in [1.165, 1.54) is 18.2 Å². The molecule has 0 spiro atoms. The van der Waals surface area contributed by atoms with Gasteiger partial charge in [-0.2, -0.15) is 0 Å². The van der Waals surface area contributed by atoms with Crippen LogP contribution in [0.4, 0.5) is 5.69 Å². The molecule has 1 heterocycles. The fourth-order valence-corrected chi connectivity index (χ4v) is 4.25. The summed E-state index contributed by atoms with van der Waals surface area (Å²) in [6.45, 7) is 1.62. The molecule has 0 aliphatic carbocycles. The maximum absolute atomic E-state index is 12.1. The van der Waals surface area contributed by atoms with E-state index in [4.69, 9.17) is 5.11 Å². The maximum atomic E-state index is 12.1. The molecule has 6 nitrogen and oxygen atoms in total. The first-order valence-corrected chi connectivity index (χ1v) is 8.39. The minimum atomic E-state index is -3.38. The van der Waals surface area contributed by atoms with E-state index in [1.807, 2.05) is 0 Å². The zero-order valence-corrected chi connectivity index (χ0v) is 12.4. The normalized spacial score (nSPS) is 20.7. The number of hydrogen-bond acceptors (Lipinski definition) is 4. The Labute approximate surface area is 123 Å². The molecule has 7 heteroatoms. The summed E-state index contributed by atoms with van der Waals surface area (Å²) in [6, 6.07) is 4.38. The van der Waals surface area contributed by atoms with E-state index in [0.717, 1.165) is 0 Å². The van der Waals surface area contributed by atoms with Gasteiger partial charge in [0.1, 0.15) is 5.25 Å². The van der Waals surface area contributed by atoms with Gasteiger partial charge in [-0.3, -0.25) is 4.79 Å². The van der Waals surface area contributed by atoms with Crippen molar-refractivity contribution in [1.29, 1.82) is 0 Å². The van der Waals surface area contributed by atoms with Gasteiger partial charge in [0.15, 0.2) is 9.84 Å². The molecule has 0 saturated carbocycles. The fourth-order valence-electron chi connectivity index (χ4n) is 2.45. The molecule has 2 rings (SSSR count). The number of hydrogen-bond donors (Lipinski definition) is 2. The molecule has 0 radical (unpaired) electrons. The van der Waals surface area contributed by atoms with Gasteiger partial charge in [-0.25, -0.2) is 13.2 Å². The molecule has 1 saturated heterocycles.